The lowest BCUT2D eigenvalue weighted by Crippen LogP contribution is -2.26. The third-order valence-corrected chi connectivity index (χ3v) is 6.19. The van der Waals surface area contributed by atoms with Gasteiger partial charge < -0.3 is 24.4 Å². The summed E-state index contributed by atoms with van der Waals surface area (Å²) in [4.78, 5) is 43.0. The van der Waals surface area contributed by atoms with E-state index in [1.54, 1.807) is 6.08 Å². The number of aldehydes is 1. The maximum Gasteiger partial charge on any atom is 0.340 e. The number of nitrogens with one attached hydrogen (secondary N) is 1. The quantitative estimate of drug-likeness (QED) is 0.0562. The molecule has 0 aliphatic heterocycles. The molecule has 43 heavy (non-hydrogen) atoms. The molecule has 9 heteroatoms. The summed E-state index contributed by atoms with van der Waals surface area (Å²) < 4.78 is 15.4. The highest BCUT2D eigenvalue weighted by Gasteiger charge is 2.17. The summed E-state index contributed by atoms with van der Waals surface area (Å²) >= 11 is 0. The van der Waals surface area contributed by atoms with E-state index < -0.39 is 11.9 Å². The number of hydrogen-bond donors (Lipinski definition) is 1. The van der Waals surface area contributed by atoms with Crippen LogP contribution in [0.5, 0.6) is 0 Å². The van der Waals surface area contributed by atoms with Crippen molar-refractivity contribution in [3.8, 4) is 0 Å². The Morgan fingerprint density at radius 1 is 0.791 bits per heavy atom. The number of aliphatic imine (C=N–C) groups is 1. The van der Waals surface area contributed by atoms with Gasteiger partial charge in [-0.3, -0.25) is 4.79 Å². The summed E-state index contributed by atoms with van der Waals surface area (Å²) in [7, 11) is 2.49. The molecule has 218 valence electrons. The van der Waals surface area contributed by atoms with E-state index in [-0.39, 0.29) is 28.6 Å². The molecule has 0 heterocycles. The second-order valence-electron chi connectivity index (χ2n) is 9.03. The van der Waals surface area contributed by atoms with E-state index in [0.717, 1.165) is 17.1 Å². The van der Waals surface area contributed by atoms with Crippen molar-refractivity contribution in [2.45, 2.75) is 6.92 Å². The van der Waals surface area contributed by atoms with Crippen LogP contribution in [0.2, 0.25) is 0 Å². The van der Waals surface area contributed by atoms with E-state index in [2.05, 4.69) is 15.2 Å². The number of hydrogen-bond acceptors (Lipinski definition) is 8. The normalized spacial score (nSPS) is 11.3. The summed E-state index contributed by atoms with van der Waals surface area (Å²) in [5, 5.41) is 2.94. The number of amidine groups is 1. The Bertz CT molecular complexity index is 1580. The van der Waals surface area contributed by atoms with Crippen LogP contribution in [0.1, 0.15) is 33.2 Å². The van der Waals surface area contributed by atoms with Crippen molar-refractivity contribution in [3.63, 3.8) is 0 Å². The van der Waals surface area contributed by atoms with Crippen molar-refractivity contribution in [1.29, 1.82) is 0 Å². The molecule has 0 aliphatic carbocycles. The largest absolute Gasteiger partial charge is 0.465 e. The first-order valence-corrected chi connectivity index (χ1v) is 13.5. The third-order valence-electron chi connectivity index (χ3n) is 6.19. The van der Waals surface area contributed by atoms with Gasteiger partial charge in [0, 0.05) is 23.6 Å². The lowest BCUT2D eigenvalue weighted by atomic mass is 10.1. The number of anilines is 3. The molecular weight excluding hydrogens is 546 g/mol. The van der Waals surface area contributed by atoms with E-state index in [1.165, 1.54) is 32.4 Å². The van der Waals surface area contributed by atoms with Gasteiger partial charge in [-0.25, -0.2) is 9.59 Å². The van der Waals surface area contributed by atoms with Gasteiger partial charge in [-0.15, -0.1) is 0 Å². The van der Waals surface area contributed by atoms with Crippen molar-refractivity contribution < 1.29 is 28.6 Å². The Morgan fingerprint density at radius 3 is 1.91 bits per heavy atom. The molecule has 0 saturated carbocycles. The molecule has 0 amide bonds. The number of benzene rings is 4. The first-order valence-electron chi connectivity index (χ1n) is 13.5. The fourth-order valence-corrected chi connectivity index (χ4v) is 4.19. The number of rotatable bonds is 10. The first kappa shape index (κ1) is 30.3. The van der Waals surface area contributed by atoms with Gasteiger partial charge in [-0.05, 0) is 73.2 Å². The third kappa shape index (κ3) is 7.74. The SMILES string of the molecule is CCNC(=Nc1cc(C(=O)OC)ccc1C(=O)OC)O/C(C=O)=C/c1ccc(N(c2ccccc2)c2ccccc2)cc1. The molecule has 0 aromatic heterocycles. The molecule has 0 radical (unpaired) electrons. The molecule has 9 nitrogen and oxygen atoms in total. The van der Waals surface area contributed by atoms with Crippen molar-refractivity contribution >= 4 is 53.1 Å². The minimum atomic E-state index is -0.655. The summed E-state index contributed by atoms with van der Waals surface area (Å²) in [5.74, 6) is -1.29. The number of carbonyl (C=O) groups is 3. The van der Waals surface area contributed by atoms with Crippen LogP contribution in [0, 0.1) is 0 Å². The number of esters is 2. The summed E-state index contributed by atoms with van der Waals surface area (Å²) in [6.07, 6.45) is 2.14. The molecule has 0 spiro atoms. The molecule has 4 aromatic carbocycles. The average molecular weight is 578 g/mol. The zero-order valence-electron chi connectivity index (χ0n) is 24.0. The topological polar surface area (TPSA) is 107 Å². The highest BCUT2D eigenvalue weighted by molar-refractivity contribution is 5.99. The van der Waals surface area contributed by atoms with Gasteiger partial charge in [0.15, 0.2) is 12.0 Å². The van der Waals surface area contributed by atoms with Crippen LogP contribution < -0.4 is 10.2 Å². The number of para-hydroxylation sites is 2. The van der Waals surface area contributed by atoms with Gasteiger partial charge in [-0.1, -0.05) is 48.5 Å². The summed E-state index contributed by atoms with van der Waals surface area (Å²) in [6.45, 7) is 2.22. The smallest absolute Gasteiger partial charge is 0.340 e. The van der Waals surface area contributed by atoms with Crippen molar-refractivity contribution in [2.24, 2.45) is 4.99 Å². The number of nitrogens with zero attached hydrogens (tertiary/aromatic N) is 2. The number of ether oxygens (including phenoxy) is 3. The zero-order valence-corrected chi connectivity index (χ0v) is 24.0. The Morgan fingerprint density at radius 2 is 1.37 bits per heavy atom. The second-order valence-corrected chi connectivity index (χ2v) is 9.03. The van der Waals surface area contributed by atoms with E-state index >= 15 is 0 Å². The molecule has 0 bridgehead atoms. The Hall–Kier alpha value is -5.70. The highest BCUT2D eigenvalue weighted by atomic mass is 16.5. The van der Waals surface area contributed by atoms with Crippen molar-refractivity contribution in [3.05, 3.63) is 126 Å². The second kappa shape index (κ2) is 14.8. The molecule has 0 saturated heterocycles. The number of allylic oxidation sites excluding steroid dienone is 1. The van der Waals surface area contributed by atoms with Gasteiger partial charge in [-0.2, -0.15) is 4.99 Å². The van der Waals surface area contributed by atoms with Crippen molar-refractivity contribution in [2.75, 3.05) is 25.7 Å². The van der Waals surface area contributed by atoms with Crippen LogP contribution in [0.15, 0.2) is 114 Å². The van der Waals surface area contributed by atoms with Gasteiger partial charge in [0.25, 0.3) is 6.02 Å². The van der Waals surface area contributed by atoms with E-state index in [1.807, 2.05) is 91.9 Å². The highest BCUT2D eigenvalue weighted by Crippen LogP contribution is 2.34. The van der Waals surface area contributed by atoms with Crippen LogP contribution in [0.25, 0.3) is 6.08 Å². The van der Waals surface area contributed by atoms with Gasteiger partial charge in [0.1, 0.15) is 0 Å². The predicted octanol–water partition coefficient (Wildman–Crippen LogP) is 6.58. The van der Waals surface area contributed by atoms with E-state index in [9.17, 15) is 14.4 Å². The molecule has 0 atom stereocenters. The molecule has 1 N–H and O–H groups in total. The fraction of sp³-hybridized carbons (Fsp3) is 0.118. The Labute approximate surface area is 250 Å². The van der Waals surface area contributed by atoms with Crippen LogP contribution in [0.4, 0.5) is 22.7 Å². The maximum atomic E-state index is 12.4. The monoisotopic (exact) mass is 577 g/mol. The Balaban J connectivity index is 1.65. The van der Waals surface area contributed by atoms with Crippen LogP contribution in [0.3, 0.4) is 0 Å². The predicted molar refractivity (Wildman–Crippen MR) is 166 cm³/mol. The fourth-order valence-electron chi connectivity index (χ4n) is 4.19. The average Bonchev–Trinajstić information content (AvgIpc) is 3.05. The molecule has 0 fully saturated rings. The number of carbonyl (C=O) groups excluding carboxylic acids is 3. The minimum absolute atomic E-state index is 0.0286. The summed E-state index contributed by atoms with van der Waals surface area (Å²) in [5.41, 5.74) is 4.02. The number of methoxy groups -OCH3 is 2. The molecule has 0 aliphatic rings. The lowest BCUT2D eigenvalue weighted by molar-refractivity contribution is -0.106. The van der Waals surface area contributed by atoms with Crippen LogP contribution >= 0.6 is 0 Å². The van der Waals surface area contributed by atoms with E-state index in [4.69, 9.17) is 14.2 Å². The van der Waals surface area contributed by atoms with E-state index in [0.29, 0.717) is 18.4 Å². The lowest BCUT2D eigenvalue weighted by Gasteiger charge is -2.25. The van der Waals surface area contributed by atoms with Gasteiger partial charge in [0.2, 0.25) is 0 Å². The first-order chi connectivity index (χ1) is 21.0. The molecular formula is C34H31N3O6. The maximum absolute atomic E-state index is 12.4. The molecule has 4 rings (SSSR count). The van der Waals surface area contributed by atoms with Gasteiger partial charge in [0.05, 0.1) is 31.0 Å². The molecule has 4 aromatic rings. The van der Waals surface area contributed by atoms with Crippen LogP contribution in [-0.2, 0) is 19.0 Å². The van der Waals surface area contributed by atoms with Crippen LogP contribution in [-0.4, -0.2) is 45.0 Å². The van der Waals surface area contributed by atoms with Crippen molar-refractivity contribution in [1.82, 2.24) is 5.32 Å². The standard InChI is InChI=1S/C34H31N3O6/c1-4-35-34(36-31-22-25(32(39)41-2)17-20-30(31)33(40)42-3)43-29(23-38)21-24-15-18-28(19-16-24)37(26-11-7-5-8-12-26)27-13-9-6-10-14-27/h5-23H,4H2,1-3H3,(H,35,36)/b29-21+. The molecule has 0 unspecified atom stereocenters. The van der Waals surface area contributed by atoms with Gasteiger partial charge >= 0.3 is 11.9 Å². The summed E-state index contributed by atoms with van der Waals surface area (Å²) in [6, 6.07) is 31.9. The Kier molecular flexibility index (Phi) is 10.4. The zero-order chi connectivity index (χ0) is 30.6. The minimum Gasteiger partial charge on any atom is -0.465 e.